The average Bonchev–Trinajstić information content (AvgIpc) is 3.24. The summed E-state index contributed by atoms with van der Waals surface area (Å²) in [5.41, 5.74) is 2.59. The number of carbonyl (C=O) groups excluding carboxylic acids is 1. The Morgan fingerprint density at radius 2 is 2.09 bits per heavy atom. The minimum atomic E-state index is 0.305. The first-order valence-electron chi connectivity index (χ1n) is 7.11. The van der Waals surface area contributed by atoms with Crippen LogP contribution < -0.4 is 0 Å². The van der Waals surface area contributed by atoms with Gasteiger partial charge in [0.15, 0.2) is 12.0 Å². The number of aldehydes is 1. The van der Waals surface area contributed by atoms with Gasteiger partial charge in [-0.2, -0.15) is 0 Å². The lowest BCUT2D eigenvalue weighted by molar-refractivity contribution is 0.109. The molecule has 3 heterocycles. The molecule has 0 aliphatic carbocycles. The molecule has 0 amide bonds. The first-order chi connectivity index (χ1) is 11.3. The predicted octanol–water partition coefficient (Wildman–Crippen LogP) is 2.95. The lowest BCUT2D eigenvalue weighted by Gasteiger charge is -1.99. The van der Waals surface area contributed by atoms with Crippen molar-refractivity contribution < 1.29 is 9.21 Å². The summed E-state index contributed by atoms with van der Waals surface area (Å²) in [6, 6.07) is 13.3. The highest BCUT2D eigenvalue weighted by molar-refractivity contribution is 5.82. The van der Waals surface area contributed by atoms with Crippen LogP contribution in [-0.2, 0) is 6.54 Å². The Kier molecular flexibility index (Phi) is 3.20. The SMILES string of the molecule is O=Cc1ccc(Cn2cc(-c3cnc4ccccc4c3)nn2)o1. The first-order valence-corrected chi connectivity index (χ1v) is 7.11. The second-order valence-electron chi connectivity index (χ2n) is 5.14. The number of furan rings is 1. The Labute approximate surface area is 131 Å². The van der Waals surface area contributed by atoms with E-state index in [0.29, 0.717) is 24.4 Å². The lowest BCUT2D eigenvalue weighted by atomic mass is 10.1. The topological polar surface area (TPSA) is 73.8 Å². The summed E-state index contributed by atoms with van der Waals surface area (Å²) < 4.78 is 7.00. The highest BCUT2D eigenvalue weighted by Crippen LogP contribution is 2.20. The molecule has 0 atom stereocenters. The van der Waals surface area contributed by atoms with Crippen LogP contribution in [0.2, 0.25) is 0 Å². The van der Waals surface area contributed by atoms with Crippen molar-refractivity contribution in [3.8, 4) is 11.3 Å². The van der Waals surface area contributed by atoms with E-state index in [4.69, 9.17) is 4.42 Å². The molecule has 6 heteroatoms. The van der Waals surface area contributed by atoms with Gasteiger partial charge in [0.05, 0.1) is 11.7 Å². The third-order valence-electron chi connectivity index (χ3n) is 3.54. The van der Waals surface area contributed by atoms with E-state index in [1.165, 1.54) is 0 Å². The van der Waals surface area contributed by atoms with Gasteiger partial charge >= 0.3 is 0 Å². The number of hydrogen-bond acceptors (Lipinski definition) is 5. The summed E-state index contributed by atoms with van der Waals surface area (Å²) in [6.07, 6.45) is 4.29. The highest BCUT2D eigenvalue weighted by Gasteiger charge is 2.08. The van der Waals surface area contributed by atoms with E-state index < -0.39 is 0 Å². The Bertz CT molecular complexity index is 987. The molecular weight excluding hydrogens is 292 g/mol. The van der Waals surface area contributed by atoms with Gasteiger partial charge in [-0.3, -0.25) is 9.78 Å². The van der Waals surface area contributed by atoms with Gasteiger partial charge < -0.3 is 4.42 Å². The third kappa shape index (κ3) is 2.62. The third-order valence-corrected chi connectivity index (χ3v) is 3.54. The minimum absolute atomic E-state index is 0.305. The fourth-order valence-electron chi connectivity index (χ4n) is 2.42. The second kappa shape index (κ2) is 5.49. The van der Waals surface area contributed by atoms with Crippen LogP contribution in [0.1, 0.15) is 16.3 Å². The number of nitrogens with zero attached hydrogens (tertiary/aromatic N) is 4. The number of pyridine rings is 1. The number of carbonyl (C=O) groups is 1. The zero-order valence-electron chi connectivity index (χ0n) is 12.1. The maximum absolute atomic E-state index is 10.6. The number of rotatable bonds is 4. The molecule has 23 heavy (non-hydrogen) atoms. The van der Waals surface area contributed by atoms with Gasteiger partial charge in [0.25, 0.3) is 0 Å². The molecule has 1 aromatic carbocycles. The zero-order valence-corrected chi connectivity index (χ0v) is 12.1. The number of aromatic nitrogens is 4. The monoisotopic (exact) mass is 304 g/mol. The van der Waals surface area contributed by atoms with Gasteiger partial charge in [0.1, 0.15) is 18.0 Å². The summed E-state index contributed by atoms with van der Waals surface area (Å²) in [7, 11) is 0. The van der Waals surface area contributed by atoms with Gasteiger partial charge in [-0.15, -0.1) is 5.10 Å². The van der Waals surface area contributed by atoms with Crippen LogP contribution in [0.15, 0.2) is 59.3 Å². The molecule has 0 N–H and O–H groups in total. The molecular formula is C17H12N4O2. The van der Waals surface area contributed by atoms with Gasteiger partial charge in [-0.25, -0.2) is 4.68 Å². The van der Waals surface area contributed by atoms with Crippen LogP contribution >= 0.6 is 0 Å². The van der Waals surface area contributed by atoms with E-state index in [-0.39, 0.29) is 0 Å². The second-order valence-corrected chi connectivity index (χ2v) is 5.14. The summed E-state index contributed by atoms with van der Waals surface area (Å²) >= 11 is 0. The predicted molar refractivity (Wildman–Crippen MR) is 84.0 cm³/mol. The molecule has 0 fully saturated rings. The lowest BCUT2D eigenvalue weighted by Crippen LogP contribution is -1.98. The van der Waals surface area contributed by atoms with Crippen molar-refractivity contribution in [3.63, 3.8) is 0 Å². The fourth-order valence-corrected chi connectivity index (χ4v) is 2.42. The van der Waals surface area contributed by atoms with Crippen molar-refractivity contribution in [2.75, 3.05) is 0 Å². The summed E-state index contributed by atoms with van der Waals surface area (Å²) in [4.78, 5) is 15.1. The molecule has 0 spiro atoms. The molecule has 4 aromatic rings. The van der Waals surface area contributed by atoms with Gasteiger partial charge in [0.2, 0.25) is 0 Å². The molecule has 0 bridgehead atoms. The van der Waals surface area contributed by atoms with Crippen LogP contribution in [0.3, 0.4) is 0 Å². The maximum atomic E-state index is 10.6. The molecule has 4 rings (SSSR count). The van der Waals surface area contributed by atoms with E-state index in [9.17, 15) is 4.79 Å². The summed E-state index contributed by atoms with van der Waals surface area (Å²) in [6.45, 7) is 0.419. The van der Waals surface area contributed by atoms with E-state index >= 15 is 0 Å². The van der Waals surface area contributed by atoms with Crippen molar-refractivity contribution in [3.05, 3.63) is 66.4 Å². The molecule has 112 valence electrons. The number of fused-ring (bicyclic) bond motifs is 1. The Morgan fingerprint density at radius 1 is 1.17 bits per heavy atom. The van der Waals surface area contributed by atoms with Crippen molar-refractivity contribution in [1.29, 1.82) is 0 Å². The summed E-state index contributed by atoms with van der Waals surface area (Å²) in [5, 5.41) is 9.33. The van der Waals surface area contributed by atoms with Crippen LogP contribution in [0.4, 0.5) is 0 Å². The van der Waals surface area contributed by atoms with E-state index in [1.54, 1.807) is 23.0 Å². The minimum Gasteiger partial charge on any atom is -0.456 e. The van der Waals surface area contributed by atoms with Gasteiger partial charge in [0, 0.05) is 17.1 Å². The van der Waals surface area contributed by atoms with E-state index in [2.05, 4.69) is 15.3 Å². The summed E-state index contributed by atoms with van der Waals surface area (Å²) in [5.74, 6) is 0.958. The molecule has 0 saturated heterocycles. The molecule has 0 saturated carbocycles. The van der Waals surface area contributed by atoms with Crippen molar-refractivity contribution in [1.82, 2.24) is 20.0 Å². The van der Waals surface area contributed by atoms with Gasteiger partial charge in [-0.05, 0) is 24.3 Å². The van der Waals surface area contributed by atoms with Crippen LogP contribution in [0.25, 0.3) is 22.2 Å². The normalized spacial score (nSPS) is 11.0. The Morgan fingerprint density at radius 3 is 2.96 bits per heavy atom. The van der Waals surface area contributed by atoms with Crippen LogP contribution in [-0.4, -0.2) is 26.3 Å². The quantitative estimate of drug-likeness (QED) is 0.542. The van der Waals surface area contributed by atoms with Crippen molar-refractivity contribution >= 4 is 17.2 Å². The number of benzene rings is 1. The number of hydrogen-bond donors (Lipinski definition) is 0. The van der Waals surface area contributed by atoms with Crippen molar-refractivity contribution in [2.45, 2.75) is 6.54 Å². The van der Waals surface area contributed by atoms with E-state index in [1.807, 2.05) is 36.5 Å². The molecule has 0 aliphatic rings. The largest absolute Gasteiger partial charge is 0.456 e. The molecule has 0 aliphatic heterocycles. The molecule has 0 unspecified atom stereocenters. The molecule has 6 nitrogen and oxygen atoms in total. The highest BCUT2D eigenvalue weighted by atomic mass is 16.3. The molecule has 3 aromatic heterocycles. The zero-order chi connectivity index (χ0) is 15.6. The van der Waals surface area contributed by atoms with Gasteiger partial charge in [-0.1, -0.05) is 23.4 Å². The Hall–Kier alpha value is -3.28. The van der Waals surface area contributed by atoms with Crippen LogP contribution in [0.5, 0.6) is 0 Å². The van der Waals surface area contributed by atoms with E-state index in [0.717, 1.165) is 22.2 Å². The van der Waals surface area contributed by atoms with Crippen LogP contribution in [0, 0.1) is 0 Å². The molecule has 0 radical (unpaired) electrons. The van der Waals surface area contributed by atoms with Crippen molar-refractivity contribution in [2.24, 2.45) is 0 Å². The fraction of sp³-hybridized carbons (Fsp3) is 0.0588. The maximum Gasteiger partial charge on any atom is 0.185 e. The Balaban J connectivity index is 1.62. The smallest absolute Gasteiger partial charge is 0.185 e. The first kappa shape index (κ1) is 13.4. The standard InChI is InChI=1S/C17H12N4O2/c22-11-15-6-5-14(23-15)9-21-10-17(19-20-21)13-7-12-3-1-2-4-16(12)18-8-13/h1-8,10-11H,9H2. The number of para-hydroxylation sites is 1. The average molecular weight is 304 g/mol.